The summed E-state index contributed by atoms with van der Waals surface area (Å²) in [5.41, 5.74) is 0.178. The van der Waals surface area contributed by atoms with Gasteiger partial charge in [-0.1, -0.05) is 29.5 Å². The van der Waals surface area contributed by atoms with E-state index in [4.69, 9.17) is 19.5 Å². The maximum absolute atomic E-state index is 10.4. The van der Waals surface area contributed by atoms with Crippen LogP contribution in [0.25, 0.3) is 0 Å². The van der Waals surface area contributed by atoms with Crippen molar-refractivity contribution in [1.29, 1.82) is 5.26 Å². The maximum Gasteiger partial charge on any atom is 0.274 e. The van der Waals surface area contributed by atoms with Gasteiger partial charge >= 0.3 is 0 Å². The summed E-state index contributed by atoms with van der Waals surface area (Å²) in [6.07, 6.45) is -5.95. The van der Waals surface area contributed by atoms with Crippen molar-refractivity contribution in [2.24, 2.45) is 0 Å². The van der Waals surface area contributed by atoms with Crippen LogP contribution in [0.2, 0.25) is 0 Å². The largest absolute Gasteiger partial charge is 0.462 e. The number of rotatable bonds is 5. The zero-order valence-corrected chi connectivity index (χ0v) is 13.7. The summed E-state index contributed by atoms with van der Waals surface area (Å²) in [6.45, 7) is -0.459. The molecule has 5 atom stereocenters. The maximum atomic E-state index is 10.4. The summed E-state index contributed by atoms with van der Waals surface area (Å²) < 4.78 is 16.6. The quantitative estimate of drug-likeness (QED) is 0.691. The van der Waals surface area contributed by atoms with Crippen LogP contribution in [0.5, 0.6) is 10.9 Å². The van der Waals surface area contributed by atoms with E-state index in [0.717, 1.165) is 11.3 Å². The van der Waals surface area contributed by atoms with Gasteiger partial charge in [-0.15, -0.1) is 0 Å². The molecule has 1 fully saturated rings. The van der Waals surface area contributed by atoms with Crippen LogP contribution in [-0.4, -0.2) is 57.6 Å². The van der Waals surface area contributed by atoms with Gasteiger partial charge in [-0.05, 0) is 12.1 Å². The van der Waals surface area contributed by atoms with Crippen LogP contribution in [0.15, 0.2) is 35.7 Å². The average Bonchev–Trinajstić information content (AvgIpc) is 3.10. The predicted octanol–water partition coefficient (Wildman–Crippen LogP) is 0.280. The highest BCUT2D eigenvalue weighted by Gasteiger charge is 2.47. The lowest BCUT2D eigenvalue weighted by Gasteiger charge is -2.41. The second-order valence-electron chi connectivity index (χ2n) is 5.33. The Morgan fingerprint density at radius 1 is 1.20 bits per heavy atom. The molecule has 8 nitrogen and oxygen atoms in total. The molecule has 0 radical (unpaired) electrons. The van der Waals surface area contributed by atoms with E-state index >= 15 is 0 Å². The van der Waals surface area contributed by atoms with E-state index < -0.39 is 37.3 Å². The second kappa shape index (κ2) is 7.77. The Balaban J connectivity index is 1.73. The molecule has 3 N–H and O–H groups in total. The molecule has 3 rings (SSSR count). The second-order valence-corrected chi connectivity index (χ2v) is 6.15. The van der Waals surface area contributed by atoms with Crippen molar-refractivity contribution in [3.63, 3.8) is 0 Å². The van der Waals surface area contributed by atoms with Crippen molar-refractivity contribution in [2.45, 2.75) is 30.7 Å². The number of para-hydroxylation sites is 1. The first-order chi connectivity index (χ1) is 12.1. The molecule has 1 saturated heterocycles. The Morgan fingerprint density at radius 2 is 1.96 bits per heavy atom. The van der Waals surface area contributed by atoms with Gasteiger partial charge in [0.15, 0.2) is 11.8 Å². The fourth-order valence-electron chi connectivity index (χ4n) is 2.41. The summed E-state index contributed by atoms with van der Waals surface area (Å²) in [6, 6.07) is 10.5. The molecule has 0 spiro atoms. The van der Waals surface area contributed by atoms with Crippen molar-refractivity contribution in [3.05, 3.63) is 41.4 Å². The minimum atomic E-state index is -1.40. The Kier molecular flexibility index (Phi) is 5.47. The molecule has 1 aromatic heterocycles. The molecule has 1 aliphatic heterocycles. The van der Waals surface area contributed by atoms with E-state index in [0.29, 0.717) is 5.75 Å². The first kappa shape index (κ1) is 17.6. The summed E-state index contributed by atoms with van der Waals surface area (Å²) in [4.78, 5) is 3.91. The summed E-state index contributed by atoms with van der Waals surface area (Å²) >= 11 is 1.07. The smallest absolute Gasteiger partial charge is 0.274 e. The van der Waals surface area contributed by atoms with Crippen LogP contribution in [0, 0.1) is 11.3 Å². The molecule has 0 amide bonds. The zero-order chi connectivity index (χ0) is 17.8. The van der Waals surface area contributed by atoms with Crippen LogP contribution >= 0.6 is 11.3 Å². The minimum absolute atomic E-state index is 0.136. The van der Waals surface area contributed by atoms with Gasteiger partial charge in [0, 0.05) is 5.38 Å². The summed E-state index contributed by atoms with van der Waals surface area (Å²) in [5.74, 6) is 0.452. The van der Waals surface area contributed by atoms with Crippen molar-refractivity contribution < 1.29 is 29.5 Å². The normalized spacial score (nSPS) is 29.0. The number of nitrogens with zero attached hydrogens (tertiary/aromatic N) is 2. The van der Waals surface area contributed by atoms with Gasteiger partial charge < -0.3 is 29.5 Å². The fraction of sp³-hybridized carbons (Fsp3) is 0.375. The Morgan fingerprint density at radius 3 is 2.60 bits per heavy atom. The number of ether oxygens (including phenoxy) is 3. The SMILES string of the molecule is N#Cc1csc(O[C@H]2[C@H](O)[C@@H](O)[C@H](Oc3ccccc3)O[C@@H]2CO)n1. The van der Waals surface area contributed by atoms with E-state index in [-0.39, 0.29) is 10.9 Å². The van der Waals surface area contributed by atoms with Gasteiger partial charge in [0.2, 0.25) is 6.29 Å². The highest BCUT2D eigenvalue weighted by Crippen LogP contribution is 2.28. The van der Waals surface area contributed by atoms with E-state index in [1.54, 1.807) is 24.3 Å². The van der Waals surface area contributed by atoms with Crippen LogP contribution in [0.4, 0.5) is 0 Å². The average molecular weight is 364 g/mol. The van der Waals surface area contributed by atoms with E-state index in [2.05, 4.69) is 4.98 Å². The van der Waals surface area contributed by atoms with E-state index in [1.165, 1.54) is 5.38 Å². The van der Waals surface area contributed by atoms with Gasteiger partial charge in [0.1, 0.15) is 30.1 Å². The highest BCUT2D eigenvalue weighted by molar-refractivity contribution is 7.11. The standard InChI is InChI=1S/C16H16N2O6S/c17-6-9-8-25-16(18-9)24-14-11(7-19)23-15(13(21)12(14)20)22-10-4-2-1-3-5-10/h1-5,8,11-15,19-21H,7H2/t11-,12-,13-,14-,15-/m1/s1. The third-order valence-electron chi connectivity index (χ3n) is 3.65. The number of aromatic nitrogens is 1. The molecule has 1 aromatic carbocycles. The molecule has 2 heterocycles. The van der Waals surface area contributed by atoms with Crippen LogP contribution in [0.1, 0.15) is 5.69 Å². The first-order valence-electron chi connectivity index (χ1n) is 7.49. The predicted molar refractivity (Wildman–Crippen MR) is 86.1 cm³/mol. The van der Waals surface area contributed by atoms with Gasteiger partial charge in [-0.25, -0.2) is 0 Å². The van der Waals surface area contributed by atoms with Gasteiger partial charge in [-0.3, -0.25) is 0 Å². The minimum Gasteiger partial charge on any atom is -0.462 e. The third kappa shape index (κ3) is 3.89. The number of thiazole rings is 1. The molecule has 9 heteroatoms. The van der Waals surface area contributed by atoms with E-state index in [1.807, 2.05) is 12.1 Å². The van der Waals surface area contributed by atoms with Crippen molar-refractivity contribution in [3.8, 4) is 17.0 Å². The number of aliphatic hydroxyl groups excluding tert-OH is 3. The molecular formula is C16H16N2O6S. The number of hydrogen-bond donors (Lipinski definition) is 3. The number of aliphatic hydroxyl groups is 3. The number of benzene rings is 1. The monoisotopic (exact) mass is 364 g/mol. The Bertz CT molecular complexity index is 732. The van der Waals surface area contributed by atoms with Crippen molar-refractivity contribution >= 4 is 11.3 Å². The van der Waals surface area contributed by atoms with Gasteiger partial charge in [0.25, 0.3) is 5.19 Å². The number of hydrogen-bond acceptors (Lipinski definition) is 9. The van der Waals surface area contributed by atoms with Crippen LogP contribution in [0.3, 0.4) is 0 Å². The Labute approximate surface area is 147 Å². The molecule has 25 heavy (non-hydrogen) atoms. The van der Waals surface area contributed by atoms with E-state index in [9.17, 15) is 15.3 Å². The van der Waals surface area contributed by atoms with Gasteiger partial charge in [-0.2, -0.15) is 10.2 Å². The summed E-state index contributed by atoms with van der Waals surface area (Å²) in [7, 11) is 0. The molecule has 2 aromatic rings. The Hall–Kier alpha value is -2.22. The third-order valence-corrected chi connectivity index (χ3v) is 4.38. The molecule has 0 bridgehead atoms. The molecule has 0 unspecified atom stereocenters. The lowest BCUT2D eigenvalue weighted by molar-refractivity contribution is -0.272. The molecular weight excluding hydrogens is 348 g/mol. The van der Waals surface area contributed by atoms with Crippen molar-refractivity contribution in [1.82, 2.24) is 4.98 Å². The summed E-state index contributed by atoms with van der Waals surface area (Å²) in [5, 5.41) is 40.6. The molecule has 132 valence electrons. The molecule has 0 aliphatic carbocycles. The number of nitriles is 1. The fourth-order valence-corrected chi connectivity index (χ4v) is 3.04. The topological polar surface area (TPSA) is 125 Å². The first-order valence-corrected chi connectivity index (χ1v) is 8.36. The van der Waals surface area contributed by atoms with Crippen molar-refractivity contribution in [2.75, 3.05) is 6.61 Å². The zero-order valence-electron chi connectivity index (χ0n) is 12.9. The lowest BCUT2D eigenvalue weighted by atomic mass is 9.99. The lowest BCUT2D eigenvalue weighted by Crippen LogP contribution is -2.62. The highest BCUT2D eigenvalue weighted by atomic mass is 32.1. The van der Waals surface area contributed by atoms with Crippen LogP contribution in [-0.2, 0) is 4.74 Å². The molecule has 0 saturated carbocycles. The van der Waals surface area contributed by atoms with Gasteiger partial charge in [0.05, 0.1) is 6.61 Å². The van der Waals surface area contributed by atoms with Crippen LogP contribution < -0.4 is 9.47 Å². The molecule has 1 aliphatic rings.